The second-order valence-electron chi connectivity index (χ2n) is 11.7. The standard InChI is InChI=1S/C27H45NO9/c1-13-27(11,12)35-20-16-32-15-19(22(29)34-18(4)21(20)33-14-17(2)3)28(23(30)36-25(5,6)7)24(31)37-26(8,9)10/h13,18-21H,1-2,14-16H2,3-12H3/t18-,19?,20-,21-/m0/s1. The molecule has 10 nitrogen and oxygen atoms in total. The number of cyclic esters (lactones) is 1. The monoisotopic (exact) mass is 527 g/mol. The summed E-state index contributed by atoms with van der Waals surface area (Å²) < 4.78 is 34.6. The molecule has 0 saturated carbocycles. The first kappa shape index (κ1) is 32.6. The summed E-state index contributed by atoms with van der Waals surface area (Å²) in [6.07, 6.45) is -2.73. The number of hydrogen-bond acceptors (Lipinski definition) is 9. The maximum Gasteiger partial charge on any atom is 0.420 e. The van der Waals surface area contributed by atoms with Gasteiger partial charge in [0.05, 0.1) is 25.4 Å². The molecule has 4 atom stereocenters. The number of imide groups is 1. The molecule has 1 aliphatic rings. The first-order valence-electron chi connectivity index (χ1n) is 12.4. The van der Waals surface area contributed by atoms with Crippen molar-refractivity contribution in [2.24, 2.45) is 0 Å². The van der Waals surface area contributed by atoms with Gasteiger partial charge in [0, 0.05) is 0 Å². The van der Waals surface area contributed by atoms with Crippen molar-refractivity contribution >= 4 is 18.2 Å². The van der Waals surface area contributed by atoms with Gasteiger partial charge in [-0.3, -0.25) is 0 Å². The Kier molecular flexibility index (Phi) is 11.4. The molecule has 0 aromatic heterocycles. The quantitative estimate of drug-likeness (QED) is 0.262. The molecule has 0 bridgehead atoms. The van der Waals surface area contributed by atoms with Gasteiger partial charge in [-0.25, -0.2) is 14.4 Å². The Morgan fingerprint density at radius 2 is 1.54 bits per heavy atom. The van der Waals surface area contributed by atoms with Gasteiger partial charge in [0.25, 0.3) is 0 Å². The van der Waals surface area contributed by atoms with Crippen LogP contribution in [0.2, 0.25) is 0 Å². The molecule has 1 saturated heterocycles. The number of carbonyl (C=O) groups is 3. The number of nitrogens with zero attached hydrogens (tertiary/aromatic N) is 1. The minimum Gasteiger partial charge on any atom is -0.458 e. The van der Waals surface area contributed by atoms with Gasteiger partial charge in [0.2, 0.25) is 0 Å². The smallest absolute Gasteiger partial charge is 0.420 e. The van der Waals surface area contributed by atoms with Crippen molar-refractivity contribution in [2.45, 2.75) is 110 Å². The summed E-state index contributed by atoms with van der Waals surface area (Å²) in [4.78, 5) is 40.2. The van der Waals surface area contributed by atoms with Gasteiger partial charge < -0.3 is 28.4 Å². The Balaban J connectivity index is 3.40. The lowest BCUT2D eigenvalue weighted by atomic mass is 10.1. The predicted octanol–water partition coefficient (Wildman–Crippen LogP) is 4.80. The van der Waals surface area contributed by atoms with Crippen LogP contribution in [0, 0.1) is 0 Å². The fourth-order valence-electron chi connectivity index (χ4n) is 3.24. The minimum atomic E-state index is -1.47. The summed E-state index contributed by atoms with van der Waals surface area (Å²) in [5.74, 6) is -0.878. The summed E-state index contributed by atoms with van der Waals surface area (Å²) >= 11 is 0. The zero-order chi connectivity index (χ0) is 28.8. The third-order valence-corrected chi connectivity index (χ3v) is 4.92. The molecule has 0 aromatic rings. The Morgan fingerprint density at radius 3 is 1.97 bits per heavy atom. The van der Waals surface area contributed by atoms with Gasteiger partial charge >= 0.3 is 18.2 Å². The SMILES string of the molecule is C=CC(C)(C)O[C@H]1COCC(N(C(=O)OC(C)(C)C)C(=O)OC(C)(C)C)C(=O)O[C@@H](C)[C@@H]1OCC(=C)C. The van der Waals surface area contributed by atoms with Crippen LogP contribution in [-0.4, -0.2) is 84.0 Å². The highest BCUT2D eigenvalue weighted by atomic mass is 16.6. The average Bonchev–Trinajstić information content (AvgIpc) is 2.73. The van der Waals surface area contributed by atoms with Crippen LogP contribution >= 0.6 is 0 Å². The van der Waals surface area contributed by atoms with Gasteiger partial charge in [-0.05, 0) is 69.2 Å². The normalized spacial score (nSPS) is 23.6. The van der Waals surface area contributed by atoms with E-state index < -0.39 is 59.3 Å². The van der Waals surface area contributed by atoms with E-state index in [0.29, 0.717) is 4.90 Å². The molecular weight excluding hydrogens is 482 g/mol. The summed E-state index contributed by atoms with van der Waals surface area (Å²) in [7, 11) is 0. The molecular formula is C27H45NO9. The number of carbonyl (C=O) groups excluding carboxylic acids is 3. The molecule has 1 fully saturated rings. The summed E-state index contributed by atoms with van der Waals surface area (Å²) in [6.45, 7) is 24.4. The Bertz CT molecular complexity index is 810. The van der Waals surface area contributed by atoms with E-state index in [1.165, 1.54) is 0 Å². The lowest BCUT2D eigenvalue weighted by Gasteiger charge is -2.35. The molecule has 1 aliphatic heterocycles. The number of ether oxygens (including phenoxy) is 6. The molecule has 0 spiro atoms. The second-order valence-corrected chi connectivity index (χ2v) is 11.7. The fourth-order valence-corrected chi connectivity index (χ4v) is 3.24. The zero-order valence-electron chi connectivity index (χ0n) is 24.0. The van der Waals surface area contributed by atoms with Crippen molar-refractivity contribution in [2.75, 3.05) is 19.8 Å². The Morgan fingerprint density at radius 1 is 1.03 bits per heavy atom. The third-order valence-electron chi connectivity index (χ3n) is 4.92. The van der Waals surface area contributed by atoms with Crippen LogP contribution in [0.5, 0.6) is 0 Å². The molecule has 1 unspecified atom stereocenters. The number of rotatable bonds is 7. The van der Waals surface area contributed by atoms with Crippen LogP contribution in [0.4, 0.5) is 9.59 Å². The van der Waals surface area contributed by atoms with Crippen molar-refractivity contribution in [1.82, 2.24) is 4.90 Å². The number of esters is 1. The van der Waals surface area contributed by atoms with Gasteiger partial charge in [-0.15, -0.1) is 6.58 Å². The van der Waals surface area contributed by atoms with Crippen LogP contribution in [0.15, 0.2) is 24.8 Å². The summed E-state index contributed by atoms with van der Waals surface area (Å²) in [5, 5.41) is 0. The molecule has 0 aromatic carbocycles. The summed E-state index contributed by atoms with van der Waals surface area (Å²) in [6, 6.07) is -1.47. The van der Waals surface area contributed by atoms with Crippen molar-refractivity contribution in [3.05, 3.63) is 24.8 Å². The van der Waals surface area contributed by atoms with Gasteiger partial charge in [-0.2, -0.15) is 4.90 Å². The van der Waals surface area contributed by atoms with Crippen LogP contribution in [0.25, 0.3) is 0 Å². The lowest BCUT2D eigenvalue weighted by molar-refractivity contribution is -0.177. The third kappa shape index (κ3) is 11.2. The van der Waals surface area contributed by atoms with Gasteiger partial charge in [-0.1, -0.05) is 18.2 Å². The second kappa shape index (κ2) is 12.9. The highest BCUT2D eigenvalue weighted by Gasteiger charge is 2.44. The average molecular weight is 528 g/mol. The zero-order valence-corrected chi connectivity index (χ0v) is 24.0. The highest BCUT2D eigenvalue weighted by Crippen LogP contribution is 2.25. The molecule has 212 valence electrons. The maximum atomic E-state index is 13.4. The molecule has 1 heterocycles. The van der Waals surface area contributed by atoms with Crippen LogP contribution in [0.3, 0.4) is 0 Å². The largest absolute Gasteiger partial charge is 0.458 e. The van der Waals surface area contributed by atoms with Crippen molar-refractivity contribution < 1.29 is 42.8 Å². The van der Waals surface area contributed by atoms with Crippen LogP contribution in [-0.2, 0) is 33.2 Å². The van der Waals surface area contributed by atoms with Gasteiger partial charge in [0.15, 0.2) is 6.04 Å². The Hall–Kier alpha value is -2.43. The lowest BCUT2D eigenvalue weighted by Crippen LogP contribution is -2.54. The maximum absolute atomic E-state index is 13.4. The number of hydrogen-bond donors (Lipinski definition) is 0. The first-order chi connectivity index (χ1) is 16.8. The van der Waals surface area contributed by atoms with E-state index in [-0.39, 0.29) is 19.8 Å². The van der Waals surface area contributed by atoms with E-state index in [4.69, 9.17) is 28.4 Å². The highest BCUT2D eigenvalue weighted by molar-refractivity contribution is 5.94. The molecule has 0 N–H and O–H groups in total. The van der Waals surface area contributed by atoms with E-state index in [1.807, 2.05) is 13.8 Å². The van der Waals surface area contributed by atoms with Crippen molar-refractivity contribution in [3.63, 3.8) is 0 Å². The van der Waals surface area contributed by atoms with Gasteiger partial charge in [0.1, 0.15) is 29.5 Å². The van der Waals surface area contributed by atoms with Crippen molar-refractivity contribution in [1.29, 1.82) is 0 Å². The Labute approximate surface area is 221 Å². The molecule has 2 amide bonds. The van der Waals surface area contributed by atoms with Crippen molar-refractivity contribution in [3.8, 4) is 0 Å². The van der Waals surface area contributed by atoms with E-state index >= 15 is 0 Å². The molecule has 0 aliphatic carbocycles. The van der Waals surface area contributed by atoms with E-state index in [2.05, 4.69) is 13.2 Å². The fraction of sp³-hybridized carbons (Fsp3) is 0.741. The van der Waals surface area contributed by atoms with E-state index in [0.717, 1.165) is 5.57 Å². The minimum absolute atomic E-state index is 0.0217. The van der Waals surface area contributed by atoms with Crippen LogP contribution in [0.1, 0.15) is 69.2 Å². The number of amides is 2. The molecule has 1 rings (SSSR count). The molecule has 10 heteroatoms. The molecule has 37 heavy (non-hydrogen) atoms. The van der Waals surface area contributed by atoms with E-state index in [1.54, 1.807) is 61.5 Å². The first-order valence-corrected chi connectivity index (χ1v) is 12.4. The topological polar surface area (TPSA) is 110 Å². The predicted molar refractivity (Wildman–Crippen MR) is 138 cm³/mol. The molecule has 0 radical (unpaired) electrons. The van der Waals surface area contributed by atoms with Crippen LogP contribution < -0.4 is 0 Å². The summed E-state index contributed by atoms with van der Waals surface area (Å²) in [5.41, 5.74) is -1.86. The van der Waals surface area contributed by atoms with E-state index in [9.17, 15) is 14.4 Å².